The van der Waals surface area contributed by atoms with Gasteiger partial charge in [-0.3, -0.25) is 0 Å². The van der Waals surface area contributed by atoms with Gasteiger partial charge in [0.15, 0.2) is 0 Å². The molecule has 12 heteroatoms. The van der Waals surface area contributed by atoms with Gasteiger partial charge in [0.1, 0.15) is 11.6 Å². The van der Waals surface area contributed by atoms with Gasteiger partial charge in [0, 0.05) is 81.8 Å². The molecular weight excluding hydrogens is 971 g/mol. The molecule has 1 aliphatic carbocycles. The second kappa shape index (κ2) is 22.0. The zero-order valence-corrected chi connectivity index (χ0v) is 43.8. The summed E-state index contributed by atoms with van der Waals surface area (Å²) in [6.45, 7) is 5.89. The smallest absolute Gasteiger partial charge is 0.227 e. The molecule has 72 heavy (non-hydrogen) atoms. The SMILES string of the molecule is CC(C)c1ccccc1Nc1nc(N(C)CCCC2c3ccccc3C=Cc3cc(-c4cc(Cl)cc(N(C)c5nc(NCCSCc6c(Cl)cccc6Cl)nc6ccccc56)c4)ccc32)nc2ccccc12. The molecule has 362 valence electrons. The normalized spacial score (nSPS) is 13.0. The summed E-state index contributed by atoms with van der Waals surface area (Å²) in [5.41, 5.74) is 13.1. The molecule has 2 N–H and O–H groups in total. The standard InChI is InChI=1S/C60H55Cl3N8S/c1-38(2)45-16-7-10-23-54(45)65-57-49-18-8-11-24-55(49)67-60(68-57)70(3)31-14-20-48-46-17-6-5-15-39(46)26-27-41-33-40(28-29-47(41)48)42-34-43(61)36-44(35-42)71(4)58-50-19-9-12-25-56(50)66-59(69-58)64-30-32-72-37-51-52(62)21-13-22-53(51)63/h5-13,15-19,21-29,33-36,38,48H,14,20,30-32,37H2,1-4H3,(H,64,66,69)(H,65,67,68). The molecule has 0 fully saturated rings. The Kier molecular flexibility index (Phi) is 15.0. The van der Waals surface area contributed by atoms with Crippen molar-refractivity contribution >= 4 is 115 Å². The molecule has 2 heterocycles. The van der Waals surface area contributed by atoms with Crippen LogP contribution in [-0.2, 0) is 5.75 Å². The Bertz CT molecular complexity index is 3430. The second-order valence-corrected chi connectivity index (χ2v) is 20.9. The van der Waals surface area contributed by atoms with Crippen molar-refractivity contribution in [2.45, 2.75) is 44.3 Å². The van der Waals surface area contributed by atoms with Gasteiger partial charge in [-0.1, -0.05) is 146 Å². The lowest BCUT2D eigenvalue weighted by molar-refractivity contribution is 0.650. The minimum atomic E-state index is 0.185. The highest BCUT2D eigenvalue weighted by Crippen LogP contribution is 2.41. The van der Waals surface area contributed by atoms with Gasteiger partial charge >= 0.3 is 0 Å². The fourth-order valence-electron chi connectivity index (χ4n) is 9.59. The number of hydrogen-bond acceptors (Lipinski definition) is 9. The van der Waals surface area contributed by atoms with E-state index in [1.807, 2.05) is 67.7 Å². The maximum Gasteiger partial charge on any atom is 0.227 e. The first kappa shape index (κ1) is 49.0. The fourth-order valence-corrected chi connectivity index (χ4v) is 11.4. The molecule has 0 bridgehead atoms. The minimum Gasteiger partial charge on any atom is -0.353 e. The summed E-state index contributed by atoms with van der Waals surface area (Å²) in [4.78, 5) is 24.4. The minimum absolute atomic E-state index is 0.185. The van der Waals surface area contributed by atoms with Crippen molar-refractivity contribution in [2.75, 3.05) is 53.4 Å². The van der Waals surface area contributed by atoms with Crippen molar-refractivity contribution in [1.82, 2.24) is 19.9 Å². The predicted octanol–water partition coefficient (Wildman–Crippen LogP) is 16.7. The van der Waals surface area contributed by atoms with E-state index in [1.54, 1.807) is 11.8 Å². The van der Waals surface area contributed by atoms with Crippen molar-refractivity contribution in [3.63, 3.8) is 0 Å². The van der Waals surface area contributed by atoms with E-state index in [0.717, 1.165) is 92.4 Å². The van der Waals surface area contributed by atoms with E-state index in [1.165, 1.54) is 27.8 Å². The first-order valence-electron chi connectivity index (χ1n) is 24.4. The third-order valence-corrected chi connectivity index (χ3v) is 15.3. The fraction of sp³-hybridized carbons (Fsp3) is 0.200. The molecule has 1 unspecified atom stereocenters. The number of aromatic nitrogens is 4. The van der Waals surface area contributed by atoms with Crippen LogP contribution in [0.5, 0.6) is 0 Å². The number of nitrogens with one attached hydrogen (secondary N) is 2. The molecule has 0 saturated carbocycles. The number of para-hydroxylation sites is 3. The molecule has 1 atom stereocenters. The van der Waals surface area contributed by atoms with Gasteiger partial charge in [-0.05, 0) is 130 Å². The van der Waals surface area contributed by atoms with Crippen LogP contribution in [0, 0.1) is 0 Å². The molecule has 10 rings (SSSR count). The summed E-state index contributed by atoms with van der Waals surface area (Å²) in [5, 5.41) is 11.1. The van der Waals surface area contributed by atoms with Crippen molar-refractivity contribution in [3.8, 4) is 11.1 Å². The van der Waals surface area contributed by atoms with Gasteiger partial charge in [0.2, 0.25) is 11.9 Å². The first-order chi connectivity index (χ1) is 35.1. The summed E-state index contributed by atoms with van der Waals surface area (Å²) in [5.74, 6) is 4.93. The van der Waals surface area contributed by atoms with E-state index in [9.17, 15) is 0 Å². The summed E-state index contributed by atoms with van der Waals surface area (Å²) in [6, 6.07) is 52.3. The number of thioether (sulfide) groups is 1. The van der Waals surface area contributed by atoms with Gasteiger partial charge in [0.25, 0.3) is 0 Å². The highest BCUT2D eigenvalue weighted by atomic mass is 35.5. The van der Waals surface area contributed by atoms with Crippen LogP contribution < -0.4 is 20.4 Å². The number of nitrogens with zero attached hydrogens (tertiary/aromatic N) is 6. The molecule has 1 aliphatic rings. The summed E-state index contributed by atoms with van der Waals surface area (Å²) < 4.78 is 0. The van der Waals surface area contributed by atoms with Crippen LogP contribution in [0.25, 0.3) is 45.1 Å². The molecule has 0 amide bonds. The van der Waals surface area contributed by atoms with Crippen LogP contribution in [0.3, 0.4) is 0 Å². The molecule has 0 aliphatic heterocycles. The number of fused-ring (bicyclic) bond motifs is 4. The van der Waals surface area contributed by atoms with Crippen LogP contribution in [-0.4, -0.2) is 52.9 Å². The molecule has 0 saturated heterocycles. The van der Waals surface area contributed by atoms with Crippen LogP contribution in [0.1, 0.15) is 71.9 Å². The van der Waals surface area contributed by atoms with Gasteiger partial charge in [-0.25, -0.2) is 9.97 Å². The largest absolute Gasteiger partial charge is 0.353 e. The maximum atomic E-state index is 6.99. The van der Waals surface area contributed by atoms with Crippen LogP contribution in [0.15, 0.2) is 152 Å². The van der Waals surface area contributed by atoms with Crippen LogP contribution in [0.4, 0.5) is 34.9 Å². The average Bonchev–Trinajstić information content (AvgIpc) is 3.55. The first-order valence-corrected chi connectivity index (χ1v) is 26.7. The summed E-state index contributed by atoms with van der Waals surface area (Å²) in [6.07, 6.45) is 6.40. The Labute approximate surface area is 441 Å². The van der Waals surface area contributed by atoms with E-state index < -0.39 is 0 Å². The third kappa shape index (κ3) is 10.8. The van der Waals surface area contributed by atoms with Gasteiger partial charge in [-0.15, -0.1) is 0 Å². The Morgan fingerprint density at radius 3 is 2.18 bits per heavy atom. The quantitative estimate of drug-likeness (QED) is 0.0867. The lowest BCUT2D eigenvalue weighted by Crippen LogP contribution is -2.22. The van der Waals surface area contributed by atoms with Gasteiger partial charge in [-0.2, -0.15) is 21.7 Å². The monoisotopic (exact) mass is 1020 g/mol. The van der Waals surface area contributed by atoms with Crippen molar-refractivity contribution < 1.29 is 0 Å². The predicted molar refractivity (Wildman–Crippen MR) is 309 cm³/mol. The molecule has 0 spiro atoms. The number of benzene rings is 7. The highest BCUT2D eigenvalue weighted by Gasteiger charge is 2.23. The zero-order chi connectivity index (χ0) is 49.7. The zero-order valence-electron chi connectivity index (χ0n) is 40.7. The average molecular weight is 1030 g/mol. The highest BCUT2D eigenvalue weighted by molar-refractivity contribution is 7.98. The van der Waals surface area contributed by atoms with Gasteiger partial charge in [0.05, 0.1) is 11.0 Å². The Hall–Kier alpha value is -6.62. The van der Waals surface area contributed by atoms with Crippen molar-refractivity contribution in [1.29, 1.82) is 0 Å². The Morgan fingerprint density at radius 2 is 1.36 bits per heavy atom. The molecule has 0 radical (unpaired) electrons. The lowest BCUT2D eigenvalue weighted by Gasteiger charge is -2.24. The van der Waals surface area contributed by atoms with E-state index in [2.05, 4.69) is 144 Å². The van der Waals surface area contributed by atoms with E-state index >= 15 is 0 Å². The van der Waals surface area contributed by atoms with Gasteiger partial charge < -0.3 is 20.4 Å². The number of hydrogen-bond donors (Lipinski definition) is 2. The number of anilines is 6. The molecule has 2 aromatic heterocycles. The number of halogens is 3. The Balaban J connectivity index is 0.875. The van der Waals surface area contributed by atoms with E-state index in [0.29, 0.717) is 39.4 Å². The molecule has 7 aromatic carbocycles. The van der Waals surface area contributed by atoms with E-state index in [-0.39, 0.29) is 5.92 Å². The second-order valence-electron chi connectivity index (χ2n) is 18.5. The lowest BCUT2D eigenvalue weighted by atomic mass is 9.83. The maximum absolute atomic E-state index is 6.99. The van der Waals surface area contributed by atoms with Crippen LogP contribution in [0.2, 0.25) is 15.1 Å². The number of rotatable bonds is 17. The third-order valence-electron chi connectivity index (χ3n) is 13.4. The Morgan fingerprint density at radius 1 is 0.653 bits per heavy atom. The van der Waals surface area contributed by atoms with Crippen molar-refractivity contribution in [3.05, 3.63) is 200 Å². The topological polar surface area (TPSA) is 82.1 Å². The summed E-state index contributed by atoms with van der Waals surface area (Å²) in [7, 11) is 4.13. The summed E-state index contributed by atoms with van der Waals surface area (Å²) >= 11 is 21.6. The van der Waals surface area contributed by atoms with Crippen LogP contribution >= 0.6 is 46.6 Å². The molecule has 8 nitrogen and oxygen atoms in total. The van der Waals surface area contributed by atoms with E-state index in [4.69, 9.17) is 54.7 Å². The molecule has 9 aromatic rings. The van der Waals surface area contributed by atoms with Crippen molar-refractivity contribution in [2.24, 2.45) is 0 Å². The molecular formula is C60H55Cl3N8S.